The van der Waals surface area contributed by atoms with Gasteiger partial charge in [0.15, 0.2) is 0 Å². The van der Waals surface area contributed by atoms with E-state index in [9.17, 15) is 0 Å². The standard InChI is InChI=1S/C14H16BrN3S/c15-13-6-5-10(19-13)7-8-16-14-11-3-1-2-4-12(11)17-9-18-14/h5-6,9H,1-4,7-8H2,(H,16,17,18). The van der Waals surface area contributed by atoms with Crippen LogP contribution in [0.25, 0.3) is 0 Å². The Morgan fingerprint density at radius 2 is 2.11 bits per heavy atom. The van der Waals surface area contributed by atoms with Gasteiger partial charge < -0.3 is 5.32 Å². The highest BCUT2D eigenvalue weighted by molar-refractivity contribution is 9.11. The molecule has 3 nitrogen and oxygen atoms in total. The van der Waals surface area contributed by atoms with Crippen LogP contribution < -0.4 is 5.32 Å². The minimum Gasteiger partial charge on any atom is -0.369 e. The van der Waals surface area contributed by atoms with Gasteiger partial charge in [0.25, 0.3) is 0 Å². The number of nitrogens with one attached hydrogen (secondary N) is 1. The van der Waals surface area contributed by atoms with Crippen molar-refractivity contribution in [2.75, 3.05) is 11.9 Å². The summed E-state index contributed by atoms with van der Waals surface area (Å²) in [6.45, 7) is 0.927. The number of aryl methyl sites for hydroxylation is 1. The zero-order valence-corrected chi connectivity index (χ0v) is 13.1. The first-order chi connectivity index (χ1) is 9.33. The normalized spacial score (nSPS) is 14.2. The minimum atomic E-state index is 0.927. The highest BCUT2D eigenvalue weighted by Crippen LogP contribution is 2.25. The van der Waals surface area contributed by atoms with E-state index in [0.29, 0.717) is 0 Å². The van der Waals surface area contributed by atoms with Gasteiger partial charge in [-0.3, -0.25) is 0 Å². The Morgan fingerprint density at radius 3 is 2.95 bits per heavy atom. The number of hydrogen-bond acceptors (Lipinski definition) is 4. The number of hydrogen-bond donors (Lipinski definition) is 1. The Kier molecular flexibility index (Phi) is 4.13. The van der Waals surface area contributed by atoms with Crippen molar-refractivity contribution >= 4 is 33.1 Å². The summed E-state index contributed by atoms with van der Waals surface area (Å²) < 4.78 is 1.20. The van der Waals surface area contributed by atoms with E-state index in [-0.39, 0.29) is 0 Å². The highest BCUT2D eigenvalue weighted by Gasteiger charge is 2.14. The van der Waals surface area contributed by atoms with Crippen LogP contribution in [0.2, 0.25) is 0 Å². The number of thiophene rings is 1. The van der Waals surface area contributed by atoms with E-state index >= 15 is 0 Å². The van der Waals surface area contributed by atoms with Gasteiger partial charge in [-0.2, -0.15) is 0 Å². The van der Waals surface area contributed by atoms with Crippen LogP contribution in [0, 0.1) is 0 Å². The first-order valence-electron chi connectivity index (χ1n) is 6.64. The summed E-state index contributed by atoms with van der Waals surface area (Å²) in [7, 11) is 0. The quantitative estimate of drug-likeness (QED) is 0.921. The predicted molar refractivity (Wildman–Crippen MR) is 82.9 cm³/mol. The monoisotopic (exact) mass is 337 g/mol. The molecule has 100 valence electrons. The van der Waals surface area contributed by atoms with Crippen molar-refractivity contribution < 1.29 is 0 Å². The molecule has 1 N–H and O–H groups in total. The Morgan fingerprint density at radius 1 is 1.21 bits per heavy atom. The molecular formula is C14H16BrN3S. The summed E-state index contributed by atoms with van der Waals surface area (Å²) in [6.07, 6.45) is 7.45. The third kappa shape index (κ3) is 3.15. The fraction of sp³-hybridized carbons (Fsp3) is 0.429. The molecule has 3 rings (SSSR count). The second-order valence-electron chi connectivity index (χ2n) is 4.74. The van der Waals surface area contributed by atoms with Crippen LogP contribution in [0.3, 0.4) is 0 Å². The van der Waals surface area contributed by atoms with Crippen LogP contribution in [0.1, 0.15) is 29.0 Å². The number of anilines is 1. The van der Waals surface area contributed by atoms with Crippen LogP contribution in [0.5, 0.6) is 0 Å². The van der Waals surface area contributed by atoms with Crippen molar-refractivity contribution in [2.24, 2.45) is 0 Å². The maximum Gasteiger partial charge on any atom is 0.132 e. The molecular weight excluding hydrogens is 322 g/mol. The largest absolute Gasteiger partial charge is 0.369 e. The summed E-state index contributed by atoms with van der Waals surface area (Å²) in [5.74, 6) is 1.04. The van der Waals surface area contributed by atoms with Crippen molar-refractivity contribution in [1.29, 1.82) is 0 Å². The fourth-order valence-electron chi connectivity index (χ4n) is 2.46. The second kappa shape index (κ2) is 6.01. The van der Waals surface area contributed by atoms with Gasteiger partial charge in [-0.15, -0.1) is 11.3 Å². The summed E-state index contributed by atoms with van der Waals surface area (Å²) >= 11 is 5.29. The molecule has 0 saturated heterocycles. The SMILES string of the molecule is Brc1ccc(CCNc2ncnc3c2CCCC3)s1. The Bertz CT molecular complexity index is 568. The minimum absolute atomic E-state index is 0.927. The van der Waals surface area contributed by atoms with Gasteiger partial charge in [-0.25, -0.2) is 9.97 Å². The molecule has 1 aliphatic rings. The van der Waals surface area contributed by atoms with E-state index in [1.54, 1.807) is 17.7 Å². The zero-order valence-electron chi connectivity index (χ0n) is 10.7. The number of nitrogens with zero attached hydrogens (tertiary/aromatic N) is 2. The van der Waals surface area contributed by atoms with E-state index in [1.807, 2.05) is 0 Å². The molecule has 0 bridgehead atoms. The van der Waals surface area contributed by atoms with E-state index in [2.05, 4.69) is 43.3 Å². The molecule has 0 amide bonds. The molecule has 0 unspecified atom stereocenters. The zero-order chi connectivity index (χ0) is 13.1. The lowest BCUT2D eigenvalue weighted by Gasteiger charge is -2.17. The molecule has 19 heavy (non-hydrogen) atoms. The molecule has 0 fully saturated rings. The predicted octanol–water partition coefficient (Wildman–Crippen LogP) is 3.83. The lowest BCUT2D eigenvalue weighted by atomic mass is 9.96. The van der Waals surface area contributed by atoms with Gasteiger partial charge in [0.1, 0.15) is 12.1 Å². The van der Waals surface area contributed by atoms with Crippen LogP contribution in [0.4, 0.5) is 5.82 Å². The maximum atomic E-state index is 4.40. The summed E-state index contributed by atoms with van der Waals surface area (Å²) in [4.78, 5) is 10.2. The van der Waals surface area contributed by atoms with Gasteiger partial charge in [-0.1, -0.05) is 0 Å². The number of fused-ring (bicyclic) bond motifs is 1. The van der Waals surface area contributed by atoms with Crippen LogP contribution in [0.15, 0.2) is 22.2 Å². The molecule has 0 atom stereocenters. The molecule has 2 aromatic rings. The molecule has 2 aromatic heterocycles. The van der Waals surface area contributed by atoms with E-state index < -0.39 is 0 Å². The van der Waals surface area contributed by atoms with E-state index in [4.69, 9.17) is 0 Å². The average molecular weight is 338 g/mol. The lowest BCUT2D eigenvalue weighted by molar-refractivity contribution is 0.663. The number of halogens is 1. The average Bonchev–Trinajstić information content (AvgIpc) is 2.85. The number of aromatic nitrogens is 2. The van der Waals surface area contributed by atoms with Crippen molar-refractivity contribution in [3.05, 3.63) is 38.4 Å². The van der Waals surface area contributed by atoms with Crippen LogP contribution >= 0.6 is 27.3 Å². The first-order valence-corrected chi connectivity index (χ1v) is 8.25. The van der Waals surface area contributed by atoms with Crippen molar-refractivity contribution in [1.82, 2.24) is 9.97 Å². The summed E-state index contributed by atoms with van der Waals surface area (Å²) in [5, 5.41) is 3.47. The smallest absolute Gasteiger partial charge is 0.132 e. The van der Waals surface area contributed by atoms with Gasteiger partial charge in [0.2, 0.25) is 0 Å². The number of rotatable bonds is 4. The van der Waals surface area contributed by atoms with Gasteiger partial charge in [0, 0.05) is 22.7 Å². The van der Waals surface area contributed by atoms with Gasteiger partial charge >= 0.3 is 0 Å². The van der Waals surface area contributed by atoms with Gasteiger partial charge in [-0.05, 0) is 60.2 Å². The van der Waals surface area contributed by atoms with E-state index in [1.165, 1.54) is 32.8 Å². The fourth-order valence-corrected chi connectivity index (χ4v) is 3.95. The molecule has 0 saturated carbocycles. The van der Waals surface area contributed by atoms with Crippen molar-refractivity contribution in [3.63, 3.8) is 0 Å². The van der Waals surface area contributed by atoms with Crippen molar-refractivity contribution in [2.45, 2.75) is 32.1 Å². The van der Waals surface area contributed by atoms with Crippen molar-refractivity contribution in [3.8, 4) is 0 Å². The third-order valence-corrected chi connectivity index (χ3v) is 5.10. The molecule has 1 aliphatic carbocycles. The second-order valence-corrected chi connectivity index (χ2v) is 7.28. The molecule has 2 heterocycles. The summed E-state index contributed by atoms with van der Waals surface area (Å²) in [6, 6.07) is 4.28. The topological polar surface area (TPSA) is 37.8 Å². The summed E-state index contributed by atoms with van der Waals surface area (Å²) in [5.41, 5.74) is 2.57. The highest BCUT2D eigenvalue weighted by atomic mass is 79.9. The Labute approximate surface area is 125 Å². The molecule has 0 spiro atoms. The molecule has 0 aromatic carbocycles. The first kappa shape index (κ1) is 13.1. The molecule has 0 radical (unpaired) electrons. The molecule has 0 aliphatic heterocycles. The van der Waals surface area contributed by atoms with Crippen LogP contribution in [-0.2, 0) is 19.3 Å². The Hall–Kier alpha value is -0.940. The third-order valence-electron chi connectivity index (χ3n) is 3.42. The van der Waals surface area contributed by atoms with Gasteiger partial charge in [0.05, 0.1) is 3.79 Å². The maximum absolute atomic E-state index is 4.40. The van der Waals surface area contributed by atoms with Crippen LogP contribution in [-0.4, -0.2) is 16.5 Å². The Balaban J connectivity index is 1.64. The van der Waals surface area contributed by atoms with E-state index in [0.717, 1.165) is 31.6 Å². The molecule has 5 heteroatoms. The lowest BCUT2D eigenvalue weighted by Crippen LogP contribution is -2.13.